The first-order valence-corrected chi connectivity index (χ1v) is 3.17. The van der Waals surface area contributed by atoms with Gasteiger partial charge in [-0.2, -0.15) is 0 Å². The lowest BCUT2D eigenvalue weighted by atomic mass is 10.3. The summed E-state index contributed by atoms with van der Waals surface area (Å²) < 4.78 is 0. The molecule has 1 N–H and O–H groups in total. The van der Waals surface area contributed by atoms with Crippen LogP contribution in [0.2, 0.25) is 0 Å². The van der Waals surface area contributed by atoms with Gasteiger partial charge in [0.25, 0.3) is 0 Å². The van der Waals surface area contributed by atoms with Crippen molar-refractivity contribution in [2.75, 3.05) is 0 Å². The van der Waals surface area contributed by atoms with Crippen LogP contribution in [0.5, 0.6) is 0 Å². The molecule has 1 aromatic rings. The van der Waals surface area contributed by atoms with Crippen molar-refractivity contribution in [3.63, 3.8) is 0 Å². The van der Waals surface area contributed by atoms with E-state index < -0.39 is 0 Å². The molecule has 0 unspecified atom stereocenters. The third kappa shape index (κ3) is 1.16. The van der Waals surface area contributed by atoms with Crippen molar-refractivity contribution in [2.45, 2.75) is 6.92 Å². The molecule has 10 heavy (non-hydrogen) atoms. The second-order valence-corrected chi connectivity index (χ2v) is 1.87. The molecule has 0 fully saturated rings. The smallest absolute Gasteiger partial charge is 0.136 e. The van der Waals surface area contributed by atoms with E-state index in [1.165, 1.54) is 0 Å². The Morgan fingerprint density at radius 1 is 1.70 bits per heavy atom. The number of aromatic amines is 1. The lowest BCUT2D eigenvalue weighted by Crippen LogP contribution is -1.66. The minimum absolute atomic E-state index is 0.873. The van der Waals surface area contributed by atoms with Gasteiger partial charge in [0.05, 0.1) is 0 Å². The molecule has 0 bridgehead atoms. The maximum absolute atomic E-state index is 4.09. The highest BCUT2D eigenvalue weighted by molar-refractivity contribution is 5.66. The van der Waals surface area contributed by atoms with E-state index in [-0.39, 0.29) is 0 Å². The van der Waals surface area contributed by atoms with Crippen molar-refractivity contribution in [3.8, 4) is 0 Å². The number of nitrogens with zero attached hydrogens (tertiary/aromatic N) is 1. The summed E-state index contributed by atoms with van der Waals surface area (Å²) in [4.78, 5) is 7.07. The van der Waals surface area contributed by atoms with E-state index in [0.29, 0.717) is 0 Å². The standard InChI is InChI=1S/C8H10N2/c1-3-7-5-6-10-8(7)9-4-2/h3-6,10H,1H2,2H3. The van der Waals surface area contributed by atoms with Crippen molar-refractivity contribution >= 4 is 18.1 Å². The zero-order valence-corrected chi connectivity index (χ0v) is 5.96. The van der Waals surface area contributed by atoms with Crippen molar-refractivity contribution in [2.24, 2.45) is 4.99 Å². The highest BCUT2D eigenvalue weighted by Crippen LogP contribution is 2.16. The summed E-state index contributed by atoms with van der Waals surface area (Å²) in [6.07, 6.45) is 5.37. The van der Waals surface area contributed by atoms with Gasteiger partial charge >= 0.3 is 0 Å². The Morgan fingerprint density at radius 3 is 3.10 bits per heavy atom. The van der Waals surface area contributed by atoms with Crippen LogP contribution in [-0.4, -0.2) is 11.2 Å². The quantitative estimate of drug-likeness (QED) is 0.601. The molecular formula is C8H10N2. The first kappa shape index (κ1) is 6.81. The zero-order valence-electron chi connectivity index (χ0n) is 5.96. The van der Waals surface area contributed by atoms with Crippen LogP contribution in [0.1, 0.15) is 12.5 Å². The maximum Gasteiger partial charge on any atom is 0.136 e. The average molecular weight is 134 g/mol. The lowest BCUT2D eigenvalue weighted by molar-refractivity contribution is 1.34. The molecular weight excluding hydrogens is 124 g/mol. The minimum Gasteiger partial charge on any atom is -0.346 e. The number of aliphatic imine (C=N–C) groups is 1. The van der Waals surface area contributed by atoms with Crippen LogP contribution in [0.15, 0.2) is 23.8 Å². The van der Waals surface area contributed by atoms with Crippen molar-refractivity contribution in [1.29, 1.82) is 0 Å². The number of hydrogen-bond donors (Lipinski definition) is 1. The van der Waals surface area contributed by atoms with Crippen LogP contribution in [0.3, 0.4) is 0 Å². The monoisotopic (exact) mass is 134 g/mol. The molecule has 0 aliphatic heterocycles. The Balaban J connectivity index is 3.00. The molecule has 1 rings (SSSR count). The largest absolute Gasteiger partial charge is 0.346 e. The Morgan fingerprint density at radius 2 is 2.50 bits per heavy atom. The van der Waals surface area contributed by atoms with Crippen LogP contribution in [-0.2, 0) is 0 Å². The van der Waals surface area contributed by atoms with Crippen LogP contribution in [0.25, 0.3) is 6.08 Å². The normalized spacial score (nSPS) is 10.5. The van der Waals surface area contributed by atoms with E-state index in [0.717, 1.165) is 11.4 Å². The van der Waals surface area contributed by atoms with E-state index in [4.69, 9.17) is 0 Å². The van der Waals surface area contributed by atoms with Crippen LogP contribution < -0.4 is 0 Å². The van der Waals surface area contributed by atoms with E-state index in [9.17, 15) is 0 Å². The highest BCUT2D eigenvalue weighted by Gasteiger charge is 1.93. The number of nitrogens with one attached hydrogen (secondary N) is 1. The van der Waals surface area contributed by atoms with Crippen LogP contribution >= 0.6 is 0 Å². The molecule has 1 aromatic heterocycles. The van der Waals surface area contributed by atoms with Gasteiger partial charge in [-0.1, -0.05) is 12.7 Å². The first-order chi connectivity index (χ1) is 4.88. The van der Waals surface area contributed by atoms with Crippen molar-refractivity contribution in [3.05, 3.63) is 24.4 Å². The molecule has 0 atom stereocenters. The molecule has 2 heteroatoms. The van der Waals surface area contributed by atoms with E-state index in [2.05, 4.69) is 16.6 Å². The number of hydrogen-bond acceptors (Lipinski definition) is 1. The van der Waals surface area contributed by atoms with Crippen molar-refractivity contribution < 1.29 is 0 Å². The Labute approximate surface area is 60.3 Å². The molecule has 0 aliphatic carbocycles. The third-order valence-electron chi connectivity index (χ3n) is 1.23. The number of rotatable bonds is 2. The van der Waals surface area contributed by atoms with Crippen LogP contribution in [0, 0.1) is 0 Å². The highest BCUT2D eigenvalue weighted by atomic mass is 14.9. The van der Waals surface area contributed by atoms with Gasteiger partial charge in [-0.15, -0.1) is 0 Å². The Bertz CT molecular complexity index is 246. The number of H-pyrrole nitrogens is 1. The summed E-state index contributed by atoms with van der Waals surface area (Å²) >= 11 is 0. The molecule has 0 saturated carbocycles. The van der Waals surface area contributed by atoms with Crippen LogP contribution in [0.4, 0.5) is 5.82 Å². The molecule has 0 aliphatic rings. The fourth-order valence-corrected chi connectivity index (χ4v) is 0.778. The second kappa shape index (κ2) is 3.01. The molecule has 1 heterocycles. The zero-order chi connectivity index (χ0) is 7.40. The Kier molecular flexibility index (Phi) is 2.05. The van der Waals surface area contributed by atoms with E-state index >= 15 is 0 Å². The summed E-state index contributed by atoms with van der Waals surface area (Å²) in [5.41, 5.74) is 1.04. The molecule has 0 radical (unpaired) electrons. The fraction of sp³-hybridized carbons (Fsp3) is 0.125. The summed E-state index contributed by atoms with van der Waals surface area (Å²) in [7, 11) is 0. The minimum atomic E-state index is 0.873. The van der Waals surface area contributed by atoms with E-state index in [1.807, 2.05) is 19.2 Å². The van der Waals surface area contributed by atoms with Gasteiger partial charge in [-0.3, -0.25) is 0 Å². The molecule has 0 aromatic carbocycles. The molecule has 0 saturated heterocycles. The summed E-state index contributed by atoms with van der Waals surface area (Å²) in [6, 6.07) is 1.94. The first-order valence-electron chi connectivity index (χ1n) is 3.17. The summed E-state index contributed by atoms with van der Waals surface area (Å²) in [5, 5.41) is 0. The molecule has 0 amide bonds. The molecule has 0 spiro atoms. The number of aromatic nitrogens is 1. The summed E-state index contributed by atoms with van der Waals surface area (Å²) in [5.74, 6) is 0.873. The molecule has 52 valence electrons. The van der Waals surface area contributed by atoms with Gasteiger partial charge in [0.1, 0.15) is 5.82 Å². The van der Waals surface area contributed by atoms with Gasteiger partial charge in [0.2, 0.25) is 0 Å². The third-order valence-corrected chi connectivity index (χ3v) is 1.23. The van der Waals surface area contributed by atoms with Gasteiger partial charge in [-0.25, -0.2) is 4.99 Å². The van der Waals surface area contributed by atoms with Gasteiger partial charge in [0.15, 0.2) is 0 Å². The van der Waals surface area contributed by atoms with Gasteiger partial charge < -0.3 is 4.98 Å². The van der Waals surface area contributed by atoms with Gasteiger partial charge in [0, 0.05) is 18.0 Å². The Hall–Kier alpha value is -1.31. The predicted molar refractivity (Wildman–Crippen MR) is 44.7 cm³/mol. The predicted octanol–water partition coefficient (Wildman–Crippen LogP) is 2.38. The maximum atomic E-state index is 4.09. The van der Waals surface area contributed by atoms with Crippen molar-refractivity contribution in [1.82, 2.24) is 4.98 Å². The topological polar surface area (TPSA) is 28.1 Å². The fourth-order valence-electron chi connectivity index (χ4n) is 0.778. The lowest BCUT2D eigenvalue weighted by Gasteiger charge is -1.87. The average Bonchev–Trinajstić information content (AvgIpc) is 2.36. The molecule has 2 nitrogen and oxygen atoms in total. The van der Waals surface area contributed by atoms with Gasteiger partial charge in [-0.05, 0) is 13.0 Å². The summed E-state index contributed by atoms with van der Waals surface area (Å²) in [6.45, 7) is 5.53. The SMILES string of the molecule is C=Cc1cc[nH]c1N=CC. The van der Waals surface area contributed by atoms with E-state index in [1.54, 1.807) is 12.3 Å². The second-order valence-electron chi connectivity index (χ2n) is 1.87.